The molecule has 0 radical (unpaired) electrons. The van der Waals surface area contributed by atoms with E-state index in [4.69, 9.17) is 5.73 Å². The summed E-state index contributed by atoms with van der Waals surface area (Å²) in [4.78, 5) is 24.0. The van der Waals surface area contributed by atoms with Gasteiger partial charge in [0.05, 0.1) is 24.7 Å². The fourth-order valence-corrected chi connectivity index (χ4v) is 3.15. The minimum absolute atomic E-state index is 0.00435. The molecule has 1 aromatic carbocycles. The van der Waals surface area contributed by atoms with Crippen molar-refractivity contribution in [2.45, 2.75) is 11.7 Å². The number of nitrogens with two attached hydrogens (primary N) is 1. The Kier molecular flexibility index (Phi) is 6.10. The van der Waals surface area contributed by atoms with Crippen LogP contribution in [0.4, 0.5) is 11.8 Å². The highest BCUT2D eigenvalue weighted by Gasteiger charge is 2.19. The number of nitrogens with zero attached hydrogens (tertiary/aromatic N) is 6. The largest absolute Gasteiger partial charge is 0.468 e. The summed E-state index contributed by atoms with van der Waals surface area (Å²) in [5.41, 5.74) is 6.68. The maximum Gasteiger partial charge on any atom is 0.316 e. The molecular weight excluding hydrogens is 396 g/mol. The predicted octanol–water partition coefficient (Wildman–Crippen LogP) is 0.821. The number of esters is 1. The number of nitrogens with one attached hydrogen (secondary N) is 1. The van der Waals surface area contributed by atoms with Gasteiger partial charge in [-0.1, -0.05) is 30.0 Å². The molecule has 3 rings (SSSR count). The number of rotatable bonds is 7. The molecule has 0 unspecified atom stereocenters. The number of carbonyl (C=O) groups excluding carboxylic acids is 2. The first-order valence-electron chi connectivity index (χ1n) is 8.25. The molecule has 3 N–H and O–H groups in total. The van der Waals surface area contributed by atoms with Crippen LogP contribution in [0.3, 0.4) is 0 Å². The predicted molar refractivity (Wildman–Crippen MR) is 104 cm³/mol. The number of nitriles is 1. The standard InChI is InChI=1S/C17H16N8O3S/c1-28-14(27)10-29-17-23-22-16(19)24(17)9-13(26)21-15-11(7-18)8-20-25(15)12-5-3-2-4-6-12/h2-6,8H,9-10H2,1H3,(H2,19,22)(H,21,26). The van der Waals surface area contributed by atoms with E-state index in [0.29, 0.717) is 10.8 Å². The molecule has 0 aliphatic heterocycles. The van der Waals surface area contributed by atoms with E-state index < -0.39 is 11.9 Å². The Hall–Kier alpha value is -3.85. The quantitative estimate of drug-likeness (QED) is 0.424. The molecule has 148 valence electrons. The average molecular weight is 412 g/mol. The van der Waals surface area contributed by atoms with Crippen molar-refractivity contribution >= 4 is 35.4 Å². The van der Waals surface area contributed by atoms with Crippen molar-refractivity contribution in [3.05, 3.63) is 42.1 Å². The maximum atomic E-state index is 12.6. The van der Waals surface area contributed by atoms with Gasteiger partial charge in [0.1, 0.15) is 18.2 Å². The molecule has 3 aromatic rings. The third kappa shape index (κ3) is 4.53. The van der Waals surface area contributed by atoms with E-state index >= 15 is 0 Å². The Morgan fingerprint density at radius 3 is 2.76 bits per heavy atom. The van der Waals surface area contributed by atoms with Gasteiger partial charge in [-0.3, -0.25) is 14.2 Å². The number of hydrogen-bond acceptors (Lipinski definition) is 9. The fourth-order valence-electron chi connectivity index (χ4n) is 2.37. The van der Waals surface area contributed by atoms with Gasteiger partial charge in [-0.05, 0) is 12.1 Å². The summed E-state index contributed by atoms with van der Waals surface area (Å²) in [6.07, 6.45) is 1.37. The number of methoxy groups -OCH3 is 1. The first-order chi connectivity index (χ1) is 14.0. The van der Waals surface area contributed by atoms with Crippen LogP contribution >= 0.6 is 11.8 Å². The lowest BCUT2D eigenvalue weighted by Gasteiger charge is -2.11. The summed E-state index contributed by atoms with van der Waals surface area (Å²) in [6, 6.07) is 11.1. The Morgan fingerprint density at radius 1 is 1.31 bits per heavy atom. The van der Waals surface area contributed by atoms with Crippen LogP contribution in [0.5, 0.6) is 0 Å². The Balaban J connectivity index is 1.79. The molecular formula is C17H16N8O3S. The van der Waals surface area contributed by atoms with Gasteiger partial charge in [0, 0.05) is 0 Å². The molecule has 0 saturated carbocycles. The van der Waals surface area contributed by atoms with Crippen LogP contribution in [0, 0.1) is 11.3 Å². The molecule has 29 heavy (non-hydrogen) atoms. The van der Waals surface area contributed by atoms with Gasteiger partial charge in [-0.25, -0.2) is 4.68 Å². The monoisotopic (exact) mass is 412 g/mol. The Morgan fingerprint density at radius 2 is 2.07 bits per heavy atom. The zero-order valence-electron chi connectivity index (χ0n) is 15.3. The van der Waals surface area contributed by atoms with Crippen LogP contribution in [0.2, 0.25) is 0 Å². The summed E-state index contributed by atoms with van der Waals surface area (Å²) >= 11 is 1.04. The minimum Gasteiger partial charge on any atom is -0.468 e. The molecule has 2 aromatic heterocycles. The highest BCUT2D eigenvalue weighted by molar-refractivity contribution is 7.99. The van der Waals surface area contributed by atoms with Crippen molar-refractivity contribution in [3.63, 3.8) is 0 Å². The molecule has 12 heteroatoms. The smallest absolute Gasteiger partial charge is 0.316 e. The third-order valence-corrected chi connectivity index (χ3v) is 4.68. The number of carbonyl (C=O) groups is 2. The van der Waals surface area contributed by atoms with E-state index in [0.717, 1.165) is 11.8 Å². The number of anilines is 2. The average Bonchev–Trinajstić information content (AvgIpc) is 3.30. The number of hydrogen-bond donors (Lipinski definition) is 2. The molecule has 0 atom stereocenters. The lowest BCUT2D eigenvalue weighted by atomic mass is 10.3. The molecule has 11 nitrogen and oxygen atoms in total. The van der Waals surface area contributed by atoms with E-state index in [9.17, 15) is 14.9 Å². The molecule has 0 aliphatic rings. The highest BCUT2D eigenvalue weighted by Crippen LogP contribution is 2.21. The van der Waals surface area contributed by atoms with Crippen LogP contribution in [0.25, 0.3) is 5.69 Å². The second-order valence-electron chi connectivity index (χ2n) is 5.61. The normalized spacial score (nSPS) is 10.3. The van der Waals surface area contributed by atoms with E-state index in [1.54, 1.807) is 12.1 Å². The van der Waals surface area contributed by atoms with Crippen molar-refractivity contribution < 1.29 is 14.3 Å². The number of benzene rings is 1. The molecule has 0 bridgehead atoms. The molecule has 0 saturated heterocycles. The minimum atomic E-state index is -0.467. The number of para-hydroxylation sites is 1. The van der Waals surface area contributed by atoms with Gasteiger partial charge in [0.15, 0.2) is 11.0 Å². The highest BCUT2D eigenvalue weighted by atomic mass is 32.2. The van der Waals surface area contributed by atoms with Crippen LogP contribution < -0.4 is 11.1 Å². The van der Waals surface area contributed by atoms with Crippen molar-refractivity contribution in [1.82, 2.24) is 24.5 Å². The topological polar surface area (TPSA) is 154 Å². The second kappa shape index (κ2) is 8.89. The van der Waals surface area contributed by atoms with Crippen LogP contribution in [0.1, 0.15) is 5.56 Å². The molecule has 2 heterocycles. The fraction of sp³-hybridized carbons (Fsp3) is 0.176. The van der Waals surface area contributed by atoms with Crippen molar-refractivity contribution in [3.8, 4) is 11.8 Å². The first kappa shape index (κ1) is 19.9. The van der Waals surface area contributed by atoms with Gasteiger partial charge in [-0.15, -0.1) is 10.2 Å². The summed E-state index contributed by atoms with van der Waals surface area (Å²) in [5, 5.41) is 24.1. The summed E-state index contributed by atoms with van der Waals surface area (Å²) in [7, 11) is 1.28. The number of ether oxygens (including phenoxy) is 1. The van der Waals surface area contributed by atoms with Gasteiger partial charge in [0.25, 0.3) is 0 Å². The Bertz CT molecular complexity index is 1070. The number of aromatic nitrogens is 5. The lowest BCUT2D eigenvalue weighted by Crippen LogP contribution is -2.22. The zero-order valence-corrected chi connectivity index (χ0v) is 16.1. The van der Waals surface area contributed by atoms with Gasteiger partial charge in [-0.2, -0.15) is 10.4 Å². The van der Waals surface area contributed by atoms with Crippen molar-refractivity contribution in [1.29, 1.82) is 5.26 Å². The number of nitrogen functional groups attached to an aromatic ring is 1. The maximum absolute atomic E-state index is 12.6. The SMILES string of the molecule is COC(=O)CSc1nnc(N)n1CC(=O)Nc1c(C#N)cnn1-c1ccccc1. The molecule has 0 spiro atoms. The summed E-state index contributed by atoms with van der Waals surface area (Å²) < 4.78 is 7.40. The molecule has 1 amide bonds. The third-order valence-electron chi connectivity index (χ3n) is 3.74. The van der Waals surface area contributed by atoms with Crippen molar-refractivity contribution in [2.24, 2.45) is 0 Å². The van der Waals surface area contributed by atoms with Crippen molar-refractivity contribution in [2.75, 3.05) is 23.9 Å². The molecule has 0 aliphatic carbocycles. The summed E-state index contributed by atoms with van der Waals surface area (Å²) in [5.74, 6) is -0.664. The number of thioether (sulfide) groups is 1. The zero-order chi connectivity index (χ0) is 20.8. The van der Waals surface area contributed by atoms with Crippen LogP contribution in [-0.2, 0) is 20.9 Å². The summed E-state index contributed by atoms with van der Waals surface area (Å²) in [6.45, 7) is -0.215. The van der Waals surface area contributed by atoms with Gasteiger partial charge in [0.2, 0.25) is 11.9 Å². The first-order valence-corrected chi connectivity index (χ1v) is 9.23. The van der Waals surface area contributed by atoms with E-state index in [1.165, 1.54) is 22.6 Å². The van der Waals surface area contributed by atoms with Gasteiger partial charge >= 0.3 is 5.97 Å². The van der Waals surface area contributed by atoms with Crippen LogP contribution in [0.15, 0.2) is 41.7 Å². The van der Waals surface area contributed by atoms with E-state index in [1.807, 2.05) is 24.3 Å². The lowest BCUT2D eigenvalue weighted by molar-refractivity contribution is -0.137. The van der Waals surface area contributed by atoms with E-state index in [2.05, 4.69) is 25.3 Å². The van der Waals surface area contributed by atoms with Crippen LogP contribution in [-0.4, -0.2) is 49.3 Å². The molecule has 0 fully saturated rings. The Labute approximate surface area is 169 Å². The number of amides is 1. The van der Waals surface area contributed by atoms with Gasteiger partial charge < -0.3 is 15.8 Å². The second-order valence-corrected chi connectivity index (χ2v) is 6.55. The van der Waals surface area contributed by atoms with E-state index in [-0.39, 0.29) is 29.6 Å².